The monoisotopic (exact) mass is 367 g/mol. The molecule has 0 atom stereocenters. The van der Waals surface area contributed by atoms with Gasteiger partial charge in [-0.15, -0.1) is 0 Å². The first-order valence-corrected chi connectivity index (χ1v) is 10.1. The smallest absolute Gasteiger partial charge is 0.251 e. The first-order chi connectivity index (χ1) is 11.7. The molecule has 0 bridgehead atoms. The second-order valence-electron chi connectivity index (χ2n) is 7.17. The van der Waals surface area contributed by atoms with Gasteiger partial charge in [0.15, 0.2) is 0 Å². The highest BCUT2D eigenvalue weighted by molar-refractivity contribution is 7.89. The summed E-state index contributed by atoms with van der Waals surface area (Å²) < 4.78 is 25.3. The van der Waals surface area contributed by atoms with Crippen molar-refractivity contribution in [3.05, 3.63) is 29.8 Å². The van der Waals surface area contributed by atoms with Gasteiger partial charge in [-0.05, 0) is 51.2 Å². The van der Waals surface area contributed by atoms with Crippen LogP contribution in [0.25, 0.3) is 0 Å². The Bertz CT molecular complexity index is 691. The van der Waals surface area contributed by atoms with Crippen molar-refractivity contribution < 1.29 is 13.2 Å². The van der Waals surface area contributed by atoms with Crippen LogP contribution in [0.15, 0.2) is 29.2 Å². The van der Waals surface area contributed by atoms with E-state index in [0.717, 1.165) is 17.1 Å². The van der Waals surface area contributed by atoms with Gasteiger partial charge >= 0.3 is 0 Å². The highest BCUT2D eigenvalue weighted by Crippen LogP contribution is 2.31. The van der Waals surface area contributed by atoms with E-state index >= 15 is 0 Å². The Balaban J connectivity index is 2.06. The van der Waals surface area contributed by atoms with E-state index in [9.17, 15) is 13.2 Å². The third-order valence-corrected chi connectivity index (χ3v) is 7.04. The fourth-order valence-electron chi connectivity index (χ4n) is 3.33. The molecule has 0 radical (unpaired) electrons. The van der Waals surface area contributed by atoms with E-state index in [4.69, 9.17) is 0 Å². The van der Waals surface area contributed by atoms with Crippen LogP contribution in [0.2, 0.25) is 0 Å². The van der Waals surface area contributed by atoms with E-state index in [0.29, 0.717) is 12.1 Å². The normalized spacial score (nSPS) is 17.7. The van der Waals surface area contributed by atoms with Gasteiger partial charge in [0.25, 0.3) is 5.91 Å². The maximum Gasteiger partial charge on any atom is 0.251 e. The molecule has 7 heteroatoms. The molecule has 1 aromatic rings. The summed E-state index contributed by atoms with van der Waals surface area (Å²) in [7, 11) is 3.63. The first kappa shape index (κ1) is 19.9. The molecule has 0 spiro atoms. The van der Waals surface area contributed by atoms with Crippen molar-refractivity contribution in [2.75, 3.05) is 34.7 Å². The molecule has 0 saturated heterocycles. The zero-order chi connectivity index (χ0) is 18.7. The predicted octanol–water partition coefficient (Wildman–Crippen LogP) is 1.93. The molecule has 1 aliphatic carbocycles. The van der Waals surface area contributed by atoms with Crippen LogP contribution >= 0.6 is 0 Å². The second kappa shape index (κ2) is 7.85. The molecule has 0 aliphatic heterocycles. The molecule has 140 valence electrons. The third kappa shape index (κ3) is 4.40. The highest BCUT2D eigenvalue weighted by Gasteiger charge is 2.34. The lowest BCUT2D eigenvalue weighted by Crippen LogP contribution is -2.53. The van der Waals surface area contributed by atoms with Crippen LogP contribution in [0, 0.1) is 0 Å². The van der Waals surface area contributed by atoms with Gasteiger partial charge in [-0.25, -0.2) is 12.7 Å². The van der Waals surface area contributed by atoms with Crippen LogP contribution in [-0.2, 0) is 10.0 Å². The number of carbonyl (C=O) groups excluding carboxylic acids is 1. The molecule has 25 heavy (non-hydrogen) atoms. The van der Waals surface area contributed by atoms with E-state index in [1.807, 2.05) is 0 Å². The molecular weight excluding hydrogens is 338 g/mol. The van der Waals surface area contributed by atoms with Gasteiger partial charge in [0.05, 0.1) is 4.90 Å². The molecule has 0 heterocycles. The molecule has 1 amide bonds. The minimum atomic E-state index is -3.47. The standard InChI is InChI=1S/C18H29N3O3S/c1-20(2)18(12-6-5-7-13-18)14-19-17(22)15-8-10-16(11-9-15)25(23,24)21(3)4/h8-11H,5-7,12-14H2,1-4H3,(H,19,22). The van der Waals surface area contributed by atoms with Crippen LogP contribution < -0.4 is 5.32 Å². The van der Waals surface area contributed by atoms with Gasteiger partial charge in [-0.1, -0.05) is 19.3 Å². The highest BCUT2D eigenvalue weighted by atomic mass is 32.2. The zero-order valence-electron chi connectivity index (χ0n) is 15.6. The van der Waals surface area contributed by atoms with Gasteiger partial charge in [-0.2, -0.15) is 0 Å². The summed E-state index contributed by atoms with van der Waals surface area (Å²) in [5.74, 6) is -0.166. The predicted molar refractivity (Wildman–Crippen MR) is 99.2 cm³/mol. The molecular formula is C18H29N3O3S. The van der Waals surface area contributed by atoms with Crippen LogP contribution in [0.3, 0.4) is 0 Å². The summed E-state index contributed by atoms with van der Waals surface area (Å²) in [6.07, 6.45) is 5.79. The quantitative estimate of drug-likeness (QED) is 0.834. The van der Waals surface area contributed by atoms with E-state index in [2.05, 4.69) is 24.3 Å². The van der Waals surface area contributed by atoms with E-state index in [1.165, 1.54) is 45.5 Å². The Morgan fingerprint density at radius 3 is 2.08 bits per heavy atom. The number of carbonyl (C=O) groups is 1. The fourth-order valence-corrected chi connectivity index (χ4v) is 4.23. The molecule has 6 nitrogen and oxygen atoms in total. The van der Waals surface area contributed by atoms with Gasteiger partial charge in [0.2, 0.25) is 10.0 Å². The molecule has 1 aliphatic rings. The molecule has 1 fully saturated rings. The van der Waals surface area contributed by atoms with Crippen molar-refractivity contribution in [2.24, 2.45) is 0 Å². The third-order valence-electron chi connectivity index (χ3n) is 5.21. The second-order valence-corrected chi connectivity index (χ2v) is 9.33. The lowest BCUT2D eigenvalue weighted by molar-refractivity contribution is 0.0799. The van der Waals surface area contributed by atoms with E-state index in [-0.39, 0.29) is 16.3 Å². The Morgan fingerprint density at radius 1 is 1.04 bits per heavy atom. The Labute approximate surface area is 151 Å². The van der Waals surface area contributed by atoms with Crippen LogP contribution in [0.5, 0.6) is 0 Å². The summed E-state index contributed by atoms with van der Waals surface area (Å²) in [6.45, 7) is 0.608. The summed E-state index contributed by atoms with van der Waals surface area (Å²) in [4.78, 5) is 14.9. The van der Waals surface area contributed by atoms with Gasteiger partial charge < -0.3 is 10.2 Å². The Hall–Kier alpha value is -1.44. The number of sulfonamides is 1. The van der Waals surface area contributed by atoms with Crippen LogP contribution in [0.1, 0.15) is 42.5 Å². The summed E-state index contributed by atoms with van der Waals surface area (Å²) in [5.41, 5.74) is 0.490. The first-order valence-electron chi connectivity index (χ1n) is 8.67. The lowest BCUT2D eigenvalue weighted by atomic mass is 9.80. The summed E-state index contributed by atoms with van der Waals surface area (Å²) in [5, 5.41) is 3.03. The minimum Gasteiger partial charge on any atom is -0.350 e. The molecule has 0 unspecified atom stereocenters. The molecule has 1 aromatic carbocycles. The molecule has 1 saturated carbocycles. The van der Waals surface area contributed by atoms with Gasteiger partial charge in [0.1, 0.15) is 0 Å². The van der Waals surface area contributed by atoms with Crippen molar-refractivity contribution >= 4 is 15.9 Å². The van der Waals surface area contributed by atoms with Crippen molar-refractivity contribution in [1.29, 1.82) is 0 Å². The number of hydrogen-bond acceptors (Lipinski definition) is 4. The molecule has 0 aromatic heterocycles. The SMILES string of the molecule is CN(C)C1(CNC(=O)c2ccc(S(=O)(=O)N(C)C)cc2)CCCCC1. The Morgan fingerprint density at radius 2 is 1.60 bits per heavy atom. The van der Waals surface area contributed by atoms with Crippen molar-refractivity contribution in [3.63, 3.8) is 0 Å². The number of likely N-dealkylation sites (N-methyl/N-ethyl adjacent to an activating group) is 1. The van der Waals surface area contributed by atoms with Crippen LogP contribution in [-0.4, -0.2) is 63.8 Å². The van der Waals surface area contributed by atoms with Gasteiger partial charge in [-0.3, -0.25) is 4.79 Å². The lowest BCUT2D eigenvalue weighted by Gasteiger charge is -2.43. The maximum atomic E-state index is 12.5. The van der Waals surface area contributed by atoms with E-state index in [1.54, 1.807) is 12.1 Å². The number of amides is 1. The van der Waals surface area contributed by atoms with Crippen molar-refractivity contribution in [1.82, 2.24) is 14.5 Å². The van der Waals surface area contributed by atoms with Gasteiger partial charge in [0, 0.05) is 31.7 Å². The largest absolute Gasteiger partial charge is 0.350 e. The van der Waals surface area contributed by atoms with Crippen molar-refractivity contribution in [2.45, 2.75) is 42.5 Å². The average molecular weight is 368 g/mol. The number of nitrogens with one attached hydrogen (secondary N) is 1. The fraction of sp³-hybridized carbons (Fsp3) is 0.611. The molecule has 2 rings (SSSR count). The van der Waals surface area contributed by atoms with E-state index < -0.39 is 10.0 Å². The maximum absolute atomic E-state index is 12.5. The number of benzene rings is 1. The number of nitrogens with zero attached hydrogens (tertiary/aromatic N) is 2. The minimum absolute atomic E-state index is 0.0160. The topological polar surface area (TPSA) is 69.7 Å². The number of rotatable bonds is 6. The Kier molecular flexibility index (Phi) is 6.24. The summed E-state index contributed by atoms with van der Waals surface area (Å²) >= 11 is 0. The van der Waals surface area contributed by atoms with Crippen molar-refractivity contribution in [3.8, 4) is 0 Å². The van der Waals surface area contributed by atoms with Crippen LogP contribution in [0.4, 0.5) is 0 Å². The molecule has 1 N–H and O–H groups in total. The number of hydrogen-bond donors (Lipinski definition) is 1. The zero-order valence-corrected chi connectivity index (χ0v) is 16.4. The summed E-state index contributed by atoms with van der Waals surface area (Å²) in [6, 6.07) is 6.09. The average Bonchev–Trinajstić information content (AvgIpc) is 2.60.